The quantitative estimate of drug-likeness (QED) is 0.452. The normalized spacial score (nSPS) is 13.2. The van der Waals surface area contributed by atoms with E-state index in [-0.39, 0.29) is 18.6 Å². The first kappa shape index (κ1) is 17.4. The van der Waals surface area contributed by atoms with E-state index < -0.39 is 17.8 Å². The van der Waals surface area contributed by atoms with Crippen LogP contribution in [0.1, 0.15) is 23.1 Å². The summed E-state index contributed by atoms with van der Waals surface area (Å²) in [6.45, 7) is 7.57. The molecule has 2 amide bonds. The van der Waals surface area contributed by atoms with Crippen LogP contribution in [0, 0.1) is 0 Å². The first-order valence-corrected chi connectivity index (χ1v) is 7.57. The molecule has 5 heteroatoms. The third-order valence-corrected chi connectivity index (χ3v) is 3.57. The highest BCUT2D eigenvalue weighted by molar-refractivity contribution is 6.17. The maximum Gasteiger partial charge on any atom is 0.310 e. The molecule has 0 saturated carbocycles. The van der Waals surface area contributed by atoms with Gasteiger partial charge in [-0.1, -0.05) is 30.4 Å². The zero-order valence-electron chi connectivity index (χ0n) is 13.3. The number of hydrogen-bond donors (Lipinski definition) is 1. The van der Waals surface area contributed by atoms with E-state index in [4.69, 9.17) is 4.74 Å². The summed E-state index contributed by atoms with van der Waals surface area (Å²) < 4.78 is 5.23. The van der Waals surface area contributed by atoms with E-state index in [1.165, 1.54) is 0 Å². The Hall–Kier alpha value is -2.95. The summed E-state index contributed by atoms with van der Waals surface area (Å²) in [5.74, 6) is -1.60. The highest BCUT2D eigenvalue weighted by Gasteiger charge is 2.23. The van der Waals surface area contributed by atoms with Gasteiger partial charge in [0.2, 0.25) is 0 Å². The van der Waals surface area contributed by atoms with E-state index in [1.54, 1.807) is 6.08 Å². The van der Waals surface area contributed by atoms with Crippen molar-refractivity contribution >= 4 is 17.8 Å². The molecule has 5 nitrogen and oxygen atoms in total. The van der Waals surface area contributed by atoms with Gasteiger partial charge in [-0.05, 0) is 29.5 Å². The fraction of sp³-hybridized carbons (Fsp3) is 0.211. The fourth-order valence-electron chi connectivity index (χ4n) is 2.41. The van der Waals surface area contributed by atoms with Crippen molar-refractivity contribution in [3.8, 4) is 0 Å². The van der Waals surface area contributed by atoms with Gasteiger partial charge in [-0.15, -0.1) is 13.2 Å². The summed E-state index contributed by atoms with van der Waals surface area (Å²) in [6, 6.07) is 5.91. The van der Waals surface area contributed by atoms with E-state index in [2.05, 4.69) is 18.5 Å². The minimum Gasteiger partial charge on any atom is -0.461 e. The van der Waals surface area contributed by atoms with Crippen LogP contribution in [0.3, 0.4) is 0 Å². The number of rotatable bonds is 8. The van der Waals surface area contributed by atoms with Crippen molar-refractivity contribution < 1.29 is 19.1 Å². The van der Waals surface area contributed by atoms with Crippen molar-refractivity contribution in [2.45, 2.75) is 25.9 Å². The third kappa shape index (κ3) is 4.52. The van der Waals surface area contributed by atoms with Crippen molar-refractivity contribution in [1.82, 2.24) is 5.32 Å². The van der Waals surface area contributed by atoms with Crippen molar-refractivity contribution in [2.75, 3.05) is 0 Å². The van der Waals surface area contributed by atoms with Gasteiger partial charge in [0, 0.05) is 11.6 Å². The molecule has 0 aliphatic carbocycles. The minimum atomic E-state index is -0.550. The average molecular weight is 325 g/mol. The summed E-state index contributed by atoms with van der Waals surface area (Å²) in [4.78, 5) is 34.3. The zero-order valence-corrected chi connectivity index (χ0v) is 13.3. The molecule has 1 heterocycles. The molecular weight excluding hydrogens is 306 g/mol. The Kier molecular flexibility index (Phi) is 5.84. The molecule has 0 bridgehead atoms. The summed E-state index contributed by atoms with van der Waals surface area (Å²) in [5, 5.41) is 2.09. The van der Waals surface area contributed by atoms with Crippen molar-refractivity contribution in [1.29, 1.82) is 0 Å². The first-order valence-electron chi connectivity index (χ1n) is 7.57. The van der Waals surface area contributed by atoms with Gasteiger partial charge in [0.25, 0.3) is 11.8 Å². The summed E-state index contributed by atoms with van der Waals surface area (Å²) in [7, 11) is 0. The molecule has 1 aromatic carbocycles. The number of allylic oxidation sites excluding steroid dienone is 2. The van der Waals surface area contributed by atoms with Crippen LogP contribution >= 0.6 is 0 Å². The van der Waals surface area contributed by atoms with Gasteiger partial charge in [-0.2, -0.15) is 0 Å². The van der Waals surface area contributed by atoms with E-state index in [0.29, 0.717) is 6.42 Å². The summed E-state index contributed by atoms with van der Waals surface area (Å²) in [6.07, 6.45) is 5.95. The minimum absolute atomic E-state index is 0.110. The monoisotopic (exact) mass is 325 g/mol. The van der Waals surface area contributed by atoms with Crippen LogP contribution in [0.25, 0.3) is 0 Å². The Balaban J connectivity index is 2.00. The Morgan fingerprint density at radius 1 is 1.12 bits per heavy atom. The van der Waals surface area contributed by atoms with Gasteiger partial charge in [-0.25, -0.2) is 0 Å². The van der Waals surface area contributed by atoms with Gasteiger partial charge < -0.3 is 4.74 Å². The molecule has 0 saturated heterocycles. The molecule has 0 aromatic heterocycles. The number of ether oxygens (including phenoxy) is 1. The Bertz CT molecular complexity index is 731. The molecule has 24 heavy (non-hydrogen) atoms. The molecule has 1 aromatic rings. The van der Waals surface area contributed by atoms with Crippen LogP contribution < -0.4 is 5.32 Å². The van der Waals surface area contributed by atoms with Crippen LogP contribution in [0.15, 0.2) is 55.2 Å². The molecule has 124 valence electrons. The number of esters is 1. The zero-order chi connectivity index (χ0) is 17.5. The number of amides is 2. The second-order valence-electron chi connectivity index (χ2n) is 5.41. The van der Waals surface area contributed by atoms with Crippen LogP contribution in [0.4, 0.5) is 0 Å². The number of carbonyl (C=O) groups is 3. The molecule has 1 aliphatic heterocycles. The van der Waals surface area contributed by atoms with E-state index in [9.17, 15) is 14.4 Å². The molecule has 0 radical (unpaired) electrons. The van der Waals surface area contributed by atoms with Crippen molar-refractivity contribution in [2.24, 2.45) is 0 Å². The van der Waals surface area contributed by atoms with E-state index in [1.807, 2.05) is 24.3 Å². The van der Waals surface area contributed by atoms with Gasteiger partial charge in [0.05, 0.1) is 6.42 Å². The van der Waals surface area contributed by atoms with Crippen LogP contribution in [0.2, 0.25) is 0 Å². The number of hydrogen-bond acceptors (Lipinski definition) is 4. The number of carbonyl (C=O) groups excluding carboxylic acids is 3. The Labute approximate surface area is 140 Å². The highest BCUT2D eigenvalue weighted by atomic mass is 16.5. The number of nitrogens with one attached hydrogen (secondary N) is 1. The number of benzene rings is 1. The lowest BCUT2D eigenvalue weighted by atomic mass is 10.00. The van der Waals surface area contributed by atoms with Crippen molar-refractivity contribution in [3.05, 3.63) is 71.8 Å². The molecule has 0 unspecified atom stereocenters. The maximum absolute atomic E-state index is 11.9. The fourth-order valence-corrected chi connectivity index (χ4v) is 2.41. The van der Waals surface area contributed by atoms with E-state index >= 15 is 0 Å². The first-order chi connectivity index (χ1) is 11.5. The molecule has 0 spiro atoms. The molecule has 0 atom stereocenters. The molecule has 1 aliphatic rings. The standard InChI is InChI=1S/C19H19NO4/c1-3-5-13-7-8-15(14(9-13)6-4-2)12-24-18(22)11-16-10-17(21)20-19(16)23/h3-4,7-10H,1-2,5-6,11-12H2,(H,20,21,23). The lowest BCUT2D eigenvalue weighted by Crippen LogP contribution is -2.23. The predicted octanol–water partition coefficient (Wildman–Crippen LogP) is 2.16. The smallest absolute Gasteiger partial charge is 0.310 e. The second-order valence-corrected chi connectivity index (χ2v) is 5.41. The third-order valence-electron chi connectivity index (χ3n) is 3.57. The average Bonchev–Trinajstić information content (AvgIpc) is 2.84. The topological polar surface area (TPSA) is 72.5 Å². The van der Waals surface area contributed by atoms with Gasteiger partial charge >= 0.3 is 5.97 Å². The Morgan fingerprint density at radius 3 is 2.50 bits per heavy atom. The SMILES string of the molecule is C=CCc1ccc(COC(=O)CC2=CC(=O)NC2=O)c(CC=C)c1. The van der Waals surface area contributed by atoms with Crippen LogP contribution in [-0.2, 0) is 38.6 Å². The van der Waals surface area contributed by atoms with E-state index in [0.717, 1.165) is 29.2 Å². The van der Waals surface area contributed by atoms with Gasteiger partial charge in [-0.3, -0.25) is 19.7 Å². The number of imide groups is 1. The molecular formula is C19H19NO4. The Morgan fingerprint density at radius 2 is 1.88 bits per heavy atom. The van der Waals surface area contributed by atoms with Crippen LogP contribution in [0.5, 0.6) is 0 Å². The molecule has 0 fully saturated rings. The lowest BCUT2D eigenvalue weighted by Gasteiger charge is -2.11. The predicted molar refractivity (Wildman–Crippen MR) is 89.9 cm³/mol. The van der Waals surface area contributed by atoms with Crippen LogP contribution in [-0.4, -0.2) is 17.8 Å². The van der Waals surface area contributed by atoms with Gasteiger partial charge in [0.15, 0.2) is 0 Å². The summed E-state index contributed by atoms with van der Waals surface area (Å²) in [5.41, 5.74) is 3.17. The largest absolute Gasteiger partial charge is 0.461 e. The molecule has 1 N–H and O–H groups in total. The molecule has 2 rings (SSSR count). The highest BCUT2D eigenvalue weighted by Crippen LogP contribution is 2.17. The van der Waals surface area contributed by atoms with Crippen molar-refractivity contribution in [3.63, 3.8) is 0 Å². The maximum atomic E-state index is 11.9. The van der Waals surface area contributed by atoms with Gasteiger partial charge in [0.1, 0.15) is 6.61 Å². The second kappa shape index (κ2) is 8.06. The summed E-state index contributed by atoms with van der Waals surface area (Å²) >= 11 is 0. The lowest BCUT2D eigenvalue weighted by molar-refractivity contribution is -0.144.